The predicted molar refractivity (Wildman–Crippen MR) is 167 cm³/mol. The summed E-state index contributed by atoms with van der Waals surface area (Å²) in [4.78, 5) is 9.59. The van der Waals surface area contributed by atoms with Crippen LogP contribution in [0, 0.1) is 5.41 Å². The van der Waals surface area contributed by atoms with Gasteiger partial charge < -0.3 is 23.8 Å². The number of sulfonamides is 1. The molecule has 0 aliphatic carbocycles. The van der Waals surface area contributed by atoms with Gasteiger partial charge in [0.2, 0.25) is 11.8 Å². The van der Waals surface area contributed by atoms with E-state index in [4.69, 9.17) is 9.47 Å². The van der Waals surface area contributed by atoms with Gasteiger partial charge in [0, 0.05) is 48.0 Å². The van der Waals surface area contributed by atoms with Crippen molar-refractivity contribution in [3.05, 3.63) is 54.6 Å². The van der Waals surface area contributed by atoms with Gasteiger partial charge in [-0.1, -0.05) is 18.2 Å². The summed E-state index contributed by atoms with van der Waals surface area (Å²) in [6.07, 6.45) is 4.41. The van der Waals surface area contributed by atoms with E-state index in [1.54, 1.807) is 24.3 Å². The lowest BCUT2D eigenvalue weighted by Crippen LogP contribution is -2.40. The maximum absolute atomic E-state index is 14.4. The van der Waals surface area contributed by atoms with Gasteiger partial charge >= 0.3 is 0 Å². The molecule has 1 spiro atoms. The zero-order valence-electron chi connectivity index (χ0n) is 25.0. The third-order valence-electron chi connectivity index (χ3n) is 9.36. The smallest absolute Gasteiger partial charge is 0.264 e. The fraction of sp³-hybridized carbons (Fsp3) is 0.469. The number of ether oxygens (including phenoxy) is 2. The molecule has 0 unspecified atom stereocenters. The van der Waals surface area contributed by atoms with Crippen molar-refractivity contribution >= 4 is 37.5 Å². The highest BCUT2D eigenvalue weighted by atomic mass is 32.2. The SMILES string of the molecule is COc1ccc(N(CCCN2CCC3(CCN(C)CC3)C2)S(=O)(=O)c2ccc3c(c2)c2ccccc2n3C)c(OC)n1. The Hall–Kier alpha value is -3.34. The van der Waals surface area contributed by atoms with Crippen LogP contribution in [-0.2, 0) is 17.1 Å². The monoisotopic (exact) mass is 591 g/mol. The average molecular weight is 592 g/mol. The van der Waals surface area contributed by atoms with E-state index in [9.17, 15) is 8.42 Å². The Morgan fingerprint density at radius 3 is 2.40 bits per heavy atom. The van der Waals surface area contributed by atoms with Crippen LogP contribution in [0.3, 0.4) is 0 Å². The van der Waals surface area contributed by atoms with Crippen molar-refractivity contribution in [3.8, 4) is 11.8 Å². The molecule has 6 rings (SSSR count). The number of aromatic nitrogens is 2. The summed E-state index contributed by atoms with van der Waals surface area (Å²) in [6, 6.07) is 16.9. The number of piperidine rings is 1. The third-order valence-corrected chi connectivity index (χ3v) is 11.2. The van der Waals surface area contributed by atoms with E-state index in [1.807, 2.05) is 31.3 Å². The van der Waals surface area contributed by atoms with Crippen molar-refractivity contribution in [1.29, 1.82) is 0 Å². The molecule has 0 N–H and O–H groups in total. The molecule has 0 bridgehead atoms. The van der Waals surface area contributed by atoms with Crippen molar-refractivity contribution in [2.45, 2.75) is 30.6 Å². The third kappa shape index (κ3) is 5.20. The molecule has 224 valence electrons. The van der Waals surface area contributed by atoms with Crippen molar-refractivity contribution in [1.82, 2.24) is 19.4 Å². The van der Waals surface area contributed by atoms with Crippen LogP contribution in [0.2, 0.25) is 0 Å². The highest BCUT2D eigenvalue weighted by molar-refractivity contribution is 7.92. The molecule has 2 fully saturated rings. The lowest BCUT2D eigenvalue weighted by Gasteiger charge is -2.37. The molecule has 2 aliphatic rings. The highest BCUT2D eigenvalue weighted by Crippen LogP contribution is 2.40. The van der Waals surface area contributed by atoms with E-state index < -0.39 is 10.0 Å². The number of rotatable bonds is 9. The predicted octanol–water partition coefficient (Wildman–Crippen LogP) is 4.75. The van der Waals surface area contributed by atoms with Gasteiger partial charge in [-0.25, -0.2) is 8.42 Å². The molecule has 2 aromatic carbocycles. The first-order chi connectivity index (χ1) is 20.2. The molecule has 2 aliphatic heterocycles. The number of para-hydroxylation sites is 1. The van der Waals surface area contributed by atoms with E-state index in [0.717, 1.165) is 54.5 Å². The van der Waals surface area contributed by atoms with Gasteiger partial charge in [0.05, 0.1) is 19.1 Å². The van der Waals surface area contributed by atoms with Crippen LogP contribution in [0.1, 0.15) is 25.7 Å². The maximum atomic E-state index is 14.4. The summed E-state index contributed by atoms with van der Waals surface area (Å²) in [7, 11) is 3.30. The minimum Gasteiger partial charge on any atom is -0.481 e. The van der Waals surface area contributed by atoms with Gasteiger partial charge in [-0.2, -0.15) is 4.98 Å². The number of benzene rings is 2. The Morgan fingerprint density at radius 1 is 0.905 bits per heavy atom. The standard InChI is InChI=1S/C32H41N5O4S/c1-34-19-14-32(15-20-34)16-21-36(23-32)17-7-18-37(29-12-13-30(40-3)33-31(29)41-4)42(38,39)24-10-11-28-26(22-24)25-8-5-6-9-27(25)35(28)2/h5-6,8-13,22H,7,14-21,23H2,1-4H3. The maximum Gasteiger partial charge on any atom is 0.264 e. The summed E-state index contributed by atoms with van der Waals surface area (Å²) in [5, 5.41) is 1.94. The van der Waals surface area contributed by atoms with Gasteiger partial charge in [0.1, 0.15) is 5.69 Å². The Kier molecular flexibility index (Phi) is 7.80. The molecular weight excluding hydrogens is 550 g/mol. The number of fused-ring (bicyclic) bond motifs is 3. The molecule has 4 heterocycles. The molecule has 0 atom stereocenters. The first-order valence-corrected chi connectivity index (χ1v) is 16.2. The average Bonchev–Trinajstić information content (AvgIpc) is 3.54. The number of hydrogen-bond acceptors (Lipinski definition) is 7. The summed E-state index contributed by atoms with van der Waals surface area (Å²) in [5.74, 6) is 0.584. The molecule has 0 amide bonds. The molecule has 4 aromatic rings. The van der Waals surface area contributed by atoms with Crippen molar-refractivity contribution in [2.75, 3.05) is 64.8 Å². The number of anilines is 1. The lowest BCUT2D eigenvalue weighted by molar-refractivity contribution is 0.126. The summed E-state index contributed by atoms with van der Waals surface area (Å²) < 4.78 is 43.3. The van der Waals surface area contributed by atoms with Gasteiger partial charge in [-0.15, -0.1) is 0 Å². The van der Waals surface area contributed by atoms with Crippen LogP contribution in [0.25, 0.3) is 21.8 Å². The van der Waals surface area contributed by atoms with Crippen LogP contribution in [0.4, 0.5) is 5.69 Å². The minimum atomic E-state index is -3.95. The van der Waals surface area contributed by atoms with Crippen LogP contribution in [-0.4, -0.2) is 88.3 Å². The molecular formula is C32H41N5O4S. The van der Waals surface area contributed by atoms with E-state index in [2.05, 4.69) is 32.5 Å². The van der Waals surface area contributed by atoms with Crippen LogP contribution < -0.4 is 13.8 Å². The van der Waals surface area contributed by atoms with Crippen molar-refractivity contribution in [3.63, 3.8) is 0 Å². The number of pyridine rings is 1. The first-order valence-electron chi connectivity index (χ1n) is 14.7. The fourth-order valence-electron chi connectivity index (χ4n) is 6.83. The van der Waals surface area contributed by atoms with E-state index >= 15 is 0 Å². The zero-order valence-corrected chi connectivity index (χ0v) is 25.9. The Balaban J connectivity index is 1.30. The number of methoxy groups -OCH3 is 2. The molecule has 2 aromatic heterocycles. The van der Waals surface area contributed by atoms with Gasteiger partial charge in [0.25, 0.3) is 10.0 Å². The molecule has 2 saturated heterocycles. The fourth-order valence-corrected chi connectivity index (χ4v) is 8.36. The minimum absolute atomic E-state index is 0.218. The second kappa shape index (κ2) is 11.4. The number of nitrogens with zero attached hydrogens (tertiary/aromatic N) is 5. The summed E-state index contributed by atoms with van der Waals surface area (Å²) >= 11 is 0. The van der Waals surface area contributed by atoms with Crippen LogP contribution in [0.15, 0.2) is 59.5 Å². The van der Waals surface area contributed by atoms with E-state index in [0.29, 0.717) is 29.9 Å². The lowest BCUT2D eigenvalue weighted by atomic mass is 9.78. The van der Waals surface area contributed by atoms with Crippen LogP contribution >= 0.6 is 0 Å². The van der Waals surface area contributed by atoms with E-state index in [1.165, 1.54) is 37.8 Å². The second-order valence-corrected chi connectivity index (χ2v) is 13.8. The summed E-state index contributed by atoms with van der Waals surface area (Å²) in [5.41, 5.74) is 2.87. The Bertz CT molecular complexity index is 1690. The Morgan fingerprint density at radius 2 is 1.64 bits per heavy atom. The molecule has 0 radical (unpaired) electrons. The summed E-state index contributed by atoms with van der Waals surface area (Å²) in [6.45, 7) is 5.64. The van der Waals surface area contributed by atoms with Crippen molar-refractivity contribution < 1.29 is 17.9 Å². The zero-order chi connectivity index (χ0) is 29.5. The largest absolute Gasteiger partial charge is 0.481 e. The normalized spacial score (nSPS) is 17.8. The first kappa shape index (κ1) is 28.8. The van der Waals surface area contributed by atoms with E-state index in [-0.39, 0.29) is 10.8 Å². The quantitative estimate of drug-likeness (QED) is 0.278. The van der Waals surface area contributed by atoms with Gasteiger partial charge in [-0.05, 0) is 94.7 Å². The molecule has 10 heteroatoms. The number of aryl methyl sites for hydroxylation is 1. The molecule has 0 saturated carbocycles. The van der Waals surface area contributed by atoms with Gasteiger partial charge in [0.15, 0.2) is 0 Å². The number of likely N-dealkylation sites (tertiary alicyclic amines) is 2. The second-order valence-electron chi connectivity index (χ2n) is 11.9. The highest BCUT2D eigenvalue weighted by Gasteiger charge is 2.39. The molecule has 9 nitrogen and oxygen atoms in total. The molecule has 42 heavy (non-hydrogen) atoms. The van der Waals surface area contributed by atoms with Crippen LogP contribution in [0.5, 0.6) is 11.8 Å². The Labute approximate surface area is 248 Å². The van der Waals surface area contributed by atoms with Gasteiger partial charge in [-0.3, -0.25) is 4.31 Å². The topological polar surface area (TPSA) is 80.1 Å². The van der Waals surface area contributed by atoms with Crippen molar-refractivity contribution in [2.24, 2.45) is 12.5 Å². The number of hydrogen-bond donors (Lipinski definition) is 0.